The number of nitrogens with one attached hydrogen (secondary N) is 1. The van der Waals surface area contributed by atoms with E-state index >= 15 is 0 Å². The van der Waals surface area contributed by atoms with E-state index in [1.807, 2.05) is 31.2 Å². The van der Waals surface area contributed by atoms with Gasteiger partial charge in [0.05, 0.1) is 13.2 Å². The number of carbonyl (C=O) groups is 1. The lowest BCUT2D eigenvalue weighted by atomic mass is 10.2. The molecule has 0 unspecified atom stereocenters. The summed E-state index contributed by atoms with van der Waals surface area (Å²) in [5, 5.41) is 11.5. The Labute approximate surface area is 95.9 Å². The fraction of sp³-hybridized carbons (Fsp3) is 0.417. The Bertz CT molecular complexity index is 335. The number of hydrogen-bond acceptors (Lipinski definition) is 3. The topological polar surface area (TPSA) is 52.6 Å². The van der Waals surface area contributed by atoms with Crippen LogP contribution >= 0.6 is 0 Å². The van der Waals surface area contributed by atoms with Gasteiger partial charge in [0.15, 0.2) is 0 Å². The van der Waals surface area contributed by atoms with Gasteiger partial charge in [-0.15, -0.1) is 0 Å². The summed E-state index contributed by atoms with van der Waals surface area (Å²) in [5.74, 6) is -0.0696. The minimum Gasteiger partial charge on any atom is -0.395 e. The zero-order valence-electron chi connectivity index (χ0n) is 9.73. The standard InChI is InChI=1S/C12H18N2O2/c1-10-3-5-11(6-4-10)13-12(16)9-14(2)7-8-15/h3-6,15H,7-9H2,1-2H3,(H,13,16). The second-order valence-electron chi connectivity index (χ2n) is 3.88. The first-order valence-electron chi connectivity index (χ1n) is 5.27. The monoisotopic (exact) mass is 222 g/mol. The molecule has 0 bridgehead atoms. The van der Waals surface area contributed by atoms with Crippen LogP contribution in [0.4, 0.5) is 5.69 Å². The van der Waals surface area contributed by atoms with E-state index in [4.69, 9.17) is 5.11 Å². The van der Waals surface area contributed by atoms with Crippen LogP contribution in [0, 0.1) is 6.92 Å². The Balaban J connectivity index is 2.42. The largest absolute Gasteiger partial charge is 0.395 e. The molecule has 0 heterocycles. The number of likely N-dealkylation sites (N-methyl/N-ethyl adjacent to an activating group) is 1. The summed E-state index contributed by atoms with van der Waals surface area (Å²) >= 11 is 0. The van der Waals surface area contributed by atoms with E-state index in [0.717, 1.165) is 11.3 Å². The average Bonchev–Trinajstić information content (AvgIpc) is 2.21. The summed E-state index contributed by atoms with van der Waals surface area (Å²) < 4.78 is 0. The summed E-state index contributed by atoms with van der Waals surface area (Å²) in [6, 6.07) is 7.65. The van der Waals surface area contributed by atoms with Gasteiger partial charge in [-0.05, 0) is 26.1 Å². The molecule has 0 saturated carbocycles. The number of benzene rings is 1. The predicted molar refractivity (Wildman–Crippen MR) is 64.4 cm³/mol. The molecule has 16 heavy (non-hydrogen) atoms. The first kappa shape index (κ1) is 12.7. The molecular formula is C12H18N2O2. The molecule has 4 heteroatoms. The lowest BCUT2D eigenvalue weighted by Crippen LogP contribution is -2.32. The smallest absolute Gasteiger partial charge is 0.238 e. The fourth-order valence-electron chi connectivity index (χ4n) is 1.33. The highest BCUT2D eigenvalue weighted by atomic mass is 16.3. The molecule has 0 aliphatic rings. The van der Waals surface area contributed by atoms with Crippen LogP contribution in [0.15, 0.2) is 24.3 Å². The molecule has 0 spiro atoms. The molecule has 1 aromatic carbocycles. The molecule has 0 aromatic heterocycles. The van der Waals surface area contributed by atoms with Gasteiger partial charge in [0, 0.05) is 12.2 Å². The van der Waals surface area contributed by atoms with Gasteiger partial charge in [0.1, 0.15) is 0 Å². The molecule has 88 valence electrons. The Morgan fingerprint density at radius 2 is 2.00 bits per heavy atom. The van der Waals surface area contributed by atoms with Crippen LogP contribution in [-0.4, -0.2) is 42.7 Å². The third kappa shape index (κ3) is 4.42. The van der Waals surface area contributed by atoms with Crippen LogP contribution in [0.25, 0.3) is 0 Å². The summed E-state index contributed by atoms with van der Waals surface area (Å²) in [6.07, 6.45) is 0. The van der Waals surface area contributed by atoms with Gasteiger partial charge in [-0.1, -0.05) is 17.7 Å². The van der Waals surface area contributed by atoms with Gasteiger partial charge in [-0.25, -0.2) is 0 Å². The number of hydrogen-bond donors (Lipinski definition) is 2. The molecule has 0 saturated heterocycles. The predicted octanol–water partition coefficient (Wildman–Crippen LogP) is 0.858. The molecular weight excluding hydrogens is 204 g/mol. The van der Waals surface area contributed by atoms with Crippen LogP contribution in [-0.2, 0) is 4.79 Å². The normalized spacial score (nSPS) is 10.5. The van der Waals surface area contributed by atoms with Crippen LogP contribution < -0.4 is 5.32 Å². The number of aliphatic hydroxyl groups is 1. The Morgan fingerprint density at radius 1 is 1.38 bits per heavy atom. The van der Waals surface area contributed by atoms with Crippen LogP contribution in [0.1, 0.15) is 5.56 Å². The number of aryl methyl sites for hydroxylation is 1. The van der Waals surface area contributed by atoms with Gasteiger partial charge in [-0.2, -0.15) is 0 Å². The van der Waals surface area contributed by atoms with Crippen molar-refractivity contribution in [2.75, 3.05) is 32.1 Å². The third-order valence-electron chi connectivity index (χ3n) is 2.23. The molecule has 1 amide bonds. The van der Waals surface area contributed by atoms with Gasteiger partial charge < -0.3 is 10.4 Å². The van der Waals surface area contributed by atoms with Crippen molar-refractivity contribution in [1.29, 1.82) is 0 Å². The minimum atomic E-state index is -0.0696. The highest BCUT2D eigenvalue weighted by Crippen LogP contribution is 2.08. The van der Waals surface area contributed by atoms with Crippen molar-refractivity contribution in [2.24, 2.45) is 0 Å². The highest BCUT2D eigenvalue weighted by Gasteiger charge is 2.05. The number of amides is 1. The summed E-state index contributed by atoms with van der Waals surface area (Å²) in [7, 11) is 1.80. The van der Waals surface area contributed by atoms with Crippen molar-refractivity contribution in [3.8, 4) is 0 Å². The lowest BCUT2D eigenvalue weighted by Gasteiger charge is -2.14. The van der Waals surface area contributed by atoms with E-state index in [2.05, 4.69) is 5.32 Å². The lowest BCUT2D eigenvalue weighted by molar-refractivity contribution is -0.117. The van der Waals surface area contributed by atoms with E-state index in [0.29, 0.717) is 6.54 Å². The van der Waals surface area contributed by atoms with E-state index in [1.54, 1.807) is 11.9 Å². The van der Waals surface area contributed by atoms with Gasteiger partial charge in [0.25, 0.3) is 0 Å². The van der Waals surface area contributed by atoms with Crippen molar-refractivity contribution >= 4 is 11.6 Å². The first-order valence-corrected chi connectivity index (χ1v) is 5.27. The minimum absolute atomic E-state index is 0.0638. The number of nitrogens with zero attached hydrogens (tertiary/aromatic N) is 1. The molecule has 0 atom stereocenters. The van der Waals surface area contributed by atoms with Crippen LogP contribution in [0.3, 0.4) is 0 Å². The number of rotatable bonds is 5. The fourth-order valence-corrected chi connectivity index (χ4v) is 1.33. The number of carbonyl (C=O) groups excluding carboxylic acids is 1. The summed E-state index contributed by atoms with van der Waals surface area (Å²) in [5.41, 5.74) is 1.96. The maximum atomic E-state index is 11.5. The Morgan fingerprint density at radius 3 is 2.56 bits per heavy atom. The molecule has 0 fully saturated rings. The number of aliphatic hydroxyl groups excluding tert-OH is 1. The van der Waals surface area contributed by atoms with Crippen LogP contribution in [0.5, 0.6) is 0 Å². The van der Waals surface area contributed by atoms with Crippen molar-refractivity contribution in [2.45, 2.75) is 6.92 Å². The first-order chi connectivity index (χ1) is 7.61. The van der Waals surface area contributed by atoms with Crippen LogP contribution in [0.2, 0.25) is 0 Å². The quantitative estimate of drug-likeness (QED) is 0.777. The second-order valence-corrected chi connectivity index (χ2v) is 3.88. The molecule has 0 aliphatic carbocycles. The molecule has 0 radical (unpaired) electrons. The highest BCUT2D eigenvalue weighted by molar-refractivity contribution is 5.92. The van der Waals surface area contributed by atoms with E-state index in [-0.39, 0.29) is 19.1 Å². The maximum Gasteiger partial charge on any atom is 0.238 e. The van der Waals surface area contributed by atoms with Crippen molar-refractivity contribution < 1.29 is 9.90 Å². The van der Waals surface area contributed by atoms with E-state index < -0.39 is 0 Å². The van der Waals surface area contributed by atoms with E-state index in [1.165, 1.54) is 0 Å². The number of anilines is 1. The van der Waals surface area contributed by atoms with E-state index in [9.17, 15) is 4.79 Å². The molecule has 4 nitrogen and oxygen atoms in total. The summed E-state index contributed by atoms with van der Waals surface area (Å²) in [6.45, 7) is 2.85. The summed E-state index contributed by atoms with van der Waals surface area (Å²) in [4.78, 5) is 13.3. The van der Waals surface area contributed by atoms with Gasteiger partial charge in [0.2, 0.25) is 5.91 Å². The SMILES string of the molecule is Cc1ccc(NC(=O)CN(C)CCO)cc1. The second kappa shape index (κ2) is 6.25. The third-order valence-corrected chi connectivity index (χ3v) is 2.23. The molecule has 2 N–H and O–H groups in total. The zero-order valence-corrected chi connectivity index (χ0v) is 9.73. The maximum absolute atomic E-state index is 11.5. The molecule has 0 aliphatic heterocycles. The van der Waals surface area contributed by atoms with Gasteiger partial charge in [-0.3, -0.25) is 9.69 Å². The molecule has 1 rings (SSSR count). The molecule has 1 aromatic rings. The van der Waals surface area contributed by atoms with Gasteiger partial charge >= 0.3 is 0 Å². The average molecular weight is 222 g/mol. The Kier molecular flexibility index (Phi) is 4.95. The Hall–Kier alpha value is -1.39. The van der Waals surface area contributed by atoms with Crippen molar-refractivity contribution in [3.05, 3.63) is 29.8 Å². The van der Waals surface area contributed by atoms with Crippen molar-refractivity contribution in [1.82, 2.24) is 4.90 Å². The van der Waals surface area contributed by atoms with Crippen molar-refractivity contribution in [3.63, 3.8) is 0 Å². The zero-order chi connectivity index (χ0) is 12.0.